The molecule has 0 saturated heterocycles. The van der Waals surface area contributed by atoms with Crippen LogP contribution in [0.25, 0.3) is 0 Å². The molecule has 102 valence electrons. The number of rotatable bonds is 7. The van der Waals surface area contributed by atoms with Crippen LogP contribution >= 0.6 is 0 Å². The monoisotopic (exact) mass is 249 g/mol. The van der Waals surface area contributed by atoms with Gasteiger partial charge in [-0.1, -0.05) is 43.7 Å². The predicted octanol–water partition coefficient (Wildman–Crippen LogP) is 3.62. The van der Waals surface area contributed by atoms with Gasteiger partial charge < -0.3 is 10.5 Å². The van der Waals surface area contributed by atoms with Crippen molar-refractivity contribution in [2.45, 2.75) is 46.1 Å². The number of benzene rings is 1. The van der Waals surface area contributed by atoms with E-state index in [1.807, 2.05) is 0 Å². The van der Waals surface area contributed by atoms with Gasteiger partial charge in [0.1, 0.15) is 0 Å². The van der Waals surface area contributed by atoms with Gasteiger partial charge in [0.2, 0.25) is 0 Å². The van der Waals surface area contributed by atoms with E-state index in [-0.39, 0.29) is 5.54 Å². The van der Waals surface area contributed by atoms with Crippen molar-refractivity contribution in [3.05, 3.63) is 35.4 Å². The van der Waals surface area contributed by atoms with E-state index in [0.717, 1.165) is 26.1 Å². The minimum Gasteiger partial charge on any atom is -0.381 e. The third-order valence-corrected chi connectivity index (χ3v) is 3.32. The van der Waals surface area contributed by atoms with Crippen LogP contribution in [-0.2, 0) is 10.3 Å². The molecule has 0 aliphatic rings. The summed E-state index contributed by atoms with van der Waals surface area (Å²) in [4.78, 5) is 0. The number of aryl methyl sites for hydroxylation is 1. The summed E-state index contributed by atoms with van der Waals surface area (Å²) in [5.74, 6) is 0.700. The molecule has 1 aromatic carbocycles. The Hall–Kier alpha value is -0.860. The molecule has 1 aromatic rings. The van der Waals surface area contributed by atoms with Crippen LogP contribution in [0, 0.1) is 12.8 Å². The highest BCUT2D eigenvalue weighted by Crippen LogP contribution is 2.22. The first-order valence-corrected chi connectivity index (χ1v) is 6.85. The molecule has 0 aliphatic carbocycles. The minimum atomic E-state index is -0.300. The van der Waals surface area contributed by atoms with E-state index >= 15 is 0 Å². The molecule has 1 unspecified atom stereocenters. The average Bonchev–Trinajstić information content (AvgIpc) is 2.28. The van der Waals surface area contributed by atoms with Gasteiger partial charge in [0, 0.05) is 18.8 Å². The summed E-state index contributed by atoms with van der Waals surface area (Å²) in [7, 11) is 0. The third-order valence-electron chi connectivity index (χ3n) is 3.32. The molecule has 1 rings (SSSR count). The average molecular weight is 249 g/mol. The summed E-state index contributed by atoms with van der Waals surface area (Å²) in [5, 5.41) is 0. The Balaban J connectivity index is 2.37. The molecule has 2 nitrogen and oxygen atoms in total. The Morgan fingerprint density at radius 3 is 2.33 bits per heavy atom. The van der Waals surface area contributed by atoms with Crippen LogP contribution < -0.4 is 5.73 Å². The zero-order valence-corrected chi connectivity index (χ0v) is 12.2. The summed E-state index contributed by atoms with van der Waals surface area (Å²) in [6.45, 7) is 10.1. The Morgan fingerprint density at radius 1 is 1.17 bits per heavy atom. The first-order chi connectivity index (χ1) is 8.42. The van der Waals surface area contributed by atoms with Crippen molar-refractivity contribution >= 4 is 0 Å². The number of ether oxygens (including phenoxy) is 1. The van der Waals surface area contributed by atoms with Gasteiger partial charge in [-0.05, 0) is 38.2 Å². The first-order valence-electron chi connectivity index (χ1n) is 6.85. The molecule has 1 atom stereocenters. The van der Waals surface area contributed by atoms with E-state index in [0.29, 0.717) is 5.92 Å². The van der Waals surface area contributed by atoms with Gasteiger partial charge in [0.25, 0.3) is 0 Å². The molecule has 2 heteroatoms. The molecule has 0 aromatic heterocycles. The van der Waals surface area contributed by atoms with E-state index in [9.17, 15) is 0 Å². The van der Waals surface area contributed by atoms with Crippen LogP contribution in [0.5, 0.6) is 0 Å². The lowest BCUT2D eigenvalue weighted by Crippen LogP contribution is -2.34. The van der Waals surface area contributed by atoms with Crippen LogP contribution in [0.3, 0.4) is 0 Å². The van der Waals surface area contributed by atoms with Gasteiger partial charge >= 0.3 is 0 Å². The molecule has 2 N–H and O–H groups in total. The number of hydrogen-bond acceptors (Lipinski definition) is 2. The van der Waals surface area contributed by atoms with Gasteiger partial charge in [0.15, 0.2) is 0 Å². The van der Waals surface area contributed by atoms with Crippen molar-refractivity contribution in [3.63, 3.8) is 0 Å². The lowest BCUT2D eigenvalue weighted by atomic mass is 9.90. The molecule has 0 aliphatic heterocycles. The number of nitrogens with two attached hydrogens (primary N) is 1. The zero-order valence-electron chi connectivity index (χ0n) is 12.2. The predicted molar refractivity (Wildman–Crippen MR) is 77.6 cm³/mol. The Bertz CT molecular complexity index is 341. The minimum absolute atomic E-state index is 0.300. The fraction of sp³-hybridized carbons (Fsp3) is 0.625. The maximum atomic E-state index is 6.35. The highest BCUT2D eigenvalue weighted by molar-refractivity contribution is 5.26. The van der Waals surface area contributed by atoms with Gasteiger partial charge in [-0.15, -0.1) is 0 Å². The summed E-state index contributed by atoms with van der Waals surface area (Å²) in [6.07, 6.45) is 1.97. The molecule has 0 saturated carbocycles. The molecule has 18 heavy (non-hydrogen) atoms. The van der Waals surface area contributed by atoms with E-state index in [4.69, 9.17) is 10.5 Å². The quantitative estimate of drug-likeness (QED) is 0.749. The van der Waals surface area contributed by atoms with Crippen molar-refractivity contribution < 1.29 is 4.74 Å². The SMILES string of the molecule is Cc1ccc(C(C)(N)CCOCCC(C)C)cc1. The fourth-order valence-corrected chi connectivity index (χ4v) is 1.78. The van der Waals surface area contributed by atoms with Crippen molar-refractivity contribution in [1.82, 2.24) is 0 Å². The first kappa shape index (κ1) is 15.2. The topological polar surface area (TPSA) is 35.2 Å². The molecule has 0 fully saturated rings. The van der Waals surface area contributed by atoms with E-state index < -0.39 is 0 Å². The second kappa shape index (κ2) is 6.91. The van der Waals surface area contributed by atoms with Crippen molar-refractivity contribution in [2.75, 3.05) is 13.2 Å². The van der Waals surface area contributed by atoms with Gasteiger partial charge in [0.05, 0.1) is 0 Å². The molecule has 0 radical (unpaired) electrons. The van der Waals surface area contributed by atoms with E-state index in [1.54, 1.807) is 0 Å². The zero-order chi connectivity index (χ0) is 13.6. The van der Waals surface area contributed by atoms with Crippen molar-refractivity contribution in [2.24, 2.45) is 11.7 Å². The number of hydrogen-bond donors (Lipinski definition) is 1. The second-order valence-corrected chi connectivity index (χ2v) is 5.83. The molecule has 0 amide bonds. The van der Waals surface area contributed by atoms with E-state index in [2.05, 4.69) is 52.0 Å². The summed E-state index contributed by atoms with van der Waals surface area (Å²) in [5.41, 5.74) is 8.50. The third kappa shape index (κ3) is 5.19. The van der Waals surface area contributed by atoms with Gasteiger partial charge in [-0.2, -0.15) is 0 Å². The highest BCUT2D eigenvalue weighted by atomic mass is 16.5. The second-order valence-electron chi connectivity index (χ2n) is 5.83. The van der Waals surface area contributed by atoms with E-state index in [1.165, 1.54) is 11.1 Å². The maximum Gasteiger partial charge on any atom is 0.0486 e. The van der Waals surface area contributed by atoms with Crippen molar-refractivity contribution in [3.8, 4) is 0 Å². The Labute approximate surface area is 112 Å². The van der Waals surface area contributed by atoms with Crippen LogP contribution in [0.1, 0.15) is 44.7 Å². The smallest absolute Gasteiger partial charge is 0.0486 e. The molecule has 0 bridgehead atoms. The maximum absolute atomic E-state index is 6.35. The van der Waals surface area contributed by atoms with Crippen LogP contribution in [0.4, 0.5) is 0 Å². The Kier molecular flexibility index (Phi) is 5.83. The van der Waals surface area contributed by atoms with Crippen LogP contribution in [0.15, 0.2) is 24.3 Å². The largest absolute Gasteiger partial charge is 0.381 e. The standard InChI is InChI=1S/C16H27NO/c1-13(2)9-11-18-12-10-16(4,17)15-7-5-14(3)6-8-15/h5-8,13H,9-12,17H2,1-4H3. The summed E-state index contributed by atoms with van der Waals surface area (Å²) < 4.78 is 5.65. The fourth-order valence-electron chi connectivity index (χ4n) is 1.78. The lowest BCUT2D eigenvalue weighted by Gasteiger charge is -2.25. The summed E-state index contributed by atoms with van der Waals surface area (Å²) in [6, 6.07) is 8.45. The summed E-state index contributed by atoms with van der Waals surface area (Å²) >= 11 is 0. The van der Waals surface area contributed by atoms with Crippen LogP contribution in [0.2, 0.25) is 0 Å². The van der Waals surface area contributed by atoms with Crippen LogP contribution in [-0.4, -0.2) is 13.2 Å². The van der Waals surface area contributed by atoms with Crippen molar-refractivity contribution in [1.29, 1.82) is 0 Å². The normalized spacial score (nSPS) is 14.8. The molecular weight excluding hydrogens is 222 g/mol. The highest BCUT2D eigenvalue weighted by Gasteiger charge is 2.20. The Morgan fingerprint density at radius 2 is 1.78 bits per heavy atom. The molecule has 0 heterocycles. The lowest BCUT2D eigenvalue weighted by molar-refractivity contribution is 0.107. The molecule has 0 spiro atoms. The van der Waals surface area contributed by atoms with Gasteiger partial charge in [-0.3, -0.25) is 0 Å². The van der Waals surface area contributed by atoms with Gasteiger partial charge in [-0.25, -0.2) is 0 Å². The molecular formula is C16H27NO.